The van der Waals surface area contributed by atoms with Crippen molar-refractivity contribution in [2.45, 2.75) is 26.7 Å². The quantitative estimate of drug-likeness (QED) is 0.166. The highest BCUT2D eigenvalue weighted by Gasteiger charge is 2.18. The molecular weight excluding hydrogens is 204 g/mol. The Bertz CT molecular complexity index is 314. The van der Waals surface area contributed by atoms with Gasteiger partial charge in [0.2, 0.25) is 0 Å². The second-order valence-electron chi connectivity index (χ2n) is 3.28. The summed E-state index contributed by atoms with van der Waals surface area (Å²) in [4.78, 5) is 22.9. The number of hydrogen-bond donors (Lipinski definition) is 0. The lowest BCUT2D eigenvalue weighted by molar-refractivity contribution is -0.140. The maximum absolute atomic E-state index is 11.6. The number of ether oxygens (including phenoxy) is 1. The van der Waals surface area contributed by atoms with Crippen LogP contribution in [0, 0.1) is 0 Å². The maximum atomic E-state index is 11.6. The Morgan fingerprint density at radius 1 is 1.25 bits per heavy atom. The van der Waals surface area contributed by atoms with Crippen LogP contribution in [-0.2, 0) is 14.3 Å². The molecule has 3 heteroatoms. The smallest absolute Gasteiger partial charge is 0.342 e. The summed E-state index contributed by atoms with van der Waals surface area (Å²) in [6.07, 6.45) is 4.56. The highest BCUT2D eigenvalue weighted by molar-refractivity contribution is 6.17. The van der Waals surface area contributed by atoms with Crippen LogP contribution in [0.5, 0.6) is 0 Å². The van der Waals surface area contributed by atoms with E-state index >= 15 is 0 Å². The Labute approximate surface area is 96.5 Å². The summed E-state index contributed by atoms with van der Waals surface area (Å²) < 4.78 is 4.98. The third kappa shape index (κ3) is 4.26. The first kappa shape index (κ1) is 14.4. The van der Waals surface area contributed by atoms with Gasteiger partial charge in [-0.15, -0.1) is 0 Å². The standard InChI is InChI=1S/C13H18O3/c1-5-8-9-16-13(15)12(10(4)14)11(6-2)7-3/h6-7H,2-3,5,8-9H2,1,4H3. The van der Waals surface area contributed by atoms with Crippen LogP contribution < -0.4 is 0 Å². The molecule has 0 amide bonds. The fraction of sp³-hybridized carbons (Fsp3) is 0.385. The van der Waals surface area contributed by atoms with E-state index in [1.54, 1.807) is 0 Å². The summed E-state index contributed by atoms with van der Waals surface area (Å²) >= 11 is 0. The zero-order valence-corrected chi connectivity index (χ0v) is 9.91. The highest BCUT2D eigenvalue weighted by Crippen LogP contribution is 2.11. The molecule has 0 saturated heterocycles. The molecule has 0 saturated carbocycles. The molecule has 0 bridgehead atoms. The van der Waals surface area contributed by atoms with Gasteiger partial charge in [-0.3, -0.25) is 4.79 Å². The van der Waals surface area contributed by atoms with Gasteiger partial charge in [-0.25, -0.2) is 4.79 Å². The topological polar surface area (TPSA) is 43.4 Å². The average Bonchev–Trinajstić information content (AvgIpc) is 2.25. The van der Waals surface area contributed by atoms with Gasteiger partial charge in [0.15, 0.2) is 5.78 Å². The molecule has 0 radical (unpaired) electrons. The first-order chi connectivity index (χ1) is 7.58. The van der Waals surface area contributed by atoms with Gasteiger partial charge in [-0.05, 0) is 18.9 Å². The first-order valence-corrected chi connectivity index (χ1v) is 5.25. The van der Waals surface area contributed by atoms with Crippen LogP contribution in [0.4, 0.5) is 0 Å². The Balaban J connectivity index is 4.86. The lowest BCUT2D eigenvalue weighted by atomic mass is 10.1. The van der Waals surface area contributed by atoms with Crippen LogP contribution in [0.3, 0.4) is 0 Å². The zero-order chi connectivity index (χ0) is 12.6. The van der Waals surface area contributed by atoms with Gasteiger partial charge in [0.1, 0.15) is 5.57 Å². The molecule has 0 rings (SSSR count). The Hall–Kier alpha value is -1.64. The average molecular weight is 222 g/mol. The van der Waals surface area contributed by atoms with E-state index in [2.05, 4.69) is 13.2 Å². The number of allylic oxidation sites excluding steroid dienone is 3. The van der Waals surface area contributed by atoms with Gasteiger partial charge in [0.05, 0.1) is 6.61 Å². The second-order valence-corrected chi connectivity index (χ2v) is 3.28. The van der Waals surface area contributed by atoms with Crippen LogP contribution in [0.1, 0.15) is 26.7 Å². The lowest BCUT2D eigenvalue weighted by Crippen LogP contribution is -2.16. The molecule has 0 unspecified atom stereocenters. The molecule has 0 atom stereocenters. The summed E-state index contributed by atoms with van der Waals surface area (Å²) in [6.45, 7) is 10.7. The number of carbonyl (C=O) groups excluding carboxylic acids is 2. The second kappa shape index (κ2) is 7.63. The predicted molar refractivity (Wildman–Crippen MR) is 64.0 cm³/mol. The number of Topliss-reactive ketones (excluding diaryl/α,β-unsaturated/α-hetero) is 1. The molecule has 0 spiro atoms. The van der Waals surface area contributed by atoms with Crippen molar-refractivity contribution in [1.29, 1.82) is 0 Å². The largest absolute Gasteiger partial charge is 0.462 e. The Morgan fingerprint density at radius 2 is 1.81 bits per heavy atom. The molecule has 0 aliphatic carbocycles. The van der Waals surface area contributed by atoms with Crippen molar-refractivity contribution in [2.24, 2.45) is 0 Å². The zero-order valence-electron chi connectivity index (χ0n) is 9.91. The molecular formula is C13H18O3. The van der Waals surface area contributed by atoms with Crippen molar-refractivity contribution in [3.05, 3.63) is 36.5 Å². The maximum Gasteiger partial charge on any atom is 0.342 e. The minimum Gasteiger partial charge on any atom is -0.462 e. The predicted octanol–water partition coefficient (Wildman–Crippen LogP) is 2.59. The van der Waals surface area contributed by atoms with Crippen LogP contribution in [-0.4, -0.2) is 18.4 Å². The van der Waals surface area contributed by atoms with E-state index in [0.717, 1.165) is 12.8 Å². The van der Waals surface area contributed by atoms with Gasteiger partial charge < -0.3 is 4.74 Å². The van der Waals surface area contributed by atoms with Crippen molar-refractivity contribution >= 4 is 11.8 Å². The van der Waals surface area contributed by atoms with Gasteiger partial charge in [0, 0.05) is 0 Å². The molecule has 3 nitrogen and oxygen atoms in total. The molecule has 0 aliphatic rings. The van der Waals surface area contributed by atoms with Gasteiger partial charge in [-0.1, -0.05) is 38.7 Å². The Morgan fingerprint density at radius 3 is 2.19 bits per heavy atom. The third-order valence-electron chi connectivity index (χ3n) is 2.02. The van der Waals surface area contributed by atoms with Crippen molar-refractivity contribution in [1.82, 2.24) is 0 Å². The monoisotopic (exact) mass is 222 g/mol. The number of ketones is 1. The van der Waals surface area contributed by atoms with E-state index in [1.807, 2.05) is 6.92 Å². The summed E-state index contributed by atoms with van der Waals surface area (Å²) in [7, 11) is 0. The van der Waals surface area contributed by atoms with E-state index in [1.165, 1.54) is 19.1 Å². The van der Waals surface area contributed by atoms with Crippen molar-refractivity contribution in [3.8, 4) is 0 Å². The normalized spacial score (nSPS) is 9.12. The molecule has 0 aromatic carbocycles. The minimum absolute atomic E-state index is 0.0149. The molecule has 0 aromatic rings. The number of carbonyl (C=O) groups is 2. The van der Waals surface area contributed by atoms with E-state index < -0.39 is 5.97 Å². The fourth-order valence-corrected chi connectivity index (χ4v) is 1.13. The van der Waals surface area contributed by atoms with Gasteiger partial charge in [-0.2, -0.15) is 0 Å². The van der Waals surface area contributed by atoms with Crippen molar-refractivity contribution < 1.29 is 14.3 Å². The molecule has 0 fully saturated rings. The molecule has 0 N–H and O–H groups in total. The van der Waals surface area contributed by atoms with E-state index in [0.29, 0.717) is 12.2 Å². The number of esters is 1. The SMILES string of the molecule is C=CC(C=C)=C(C(C)=O)C(=O)OCCCC. The van der Waals surface area contributed by atoms with Crippen molar-refractivity contribution in [2.75, 3.05) is 6.61 Å². The van der Waals surface area contributed by atoms with Gasteiger partial charge >= 0.3 is 5.97 Å². The summed E-state index contributed by atoms with van der Waals surface area (Å²) in [6, 6.07) is 0. The number of unbranched alkanes of at least 4 members (excludes halogenated alkanes) is 1. The fourth-order valence-electron chi connectivity index (χ4n) is 1.13. The summed E-state index contributed by atoms with van der Waals surface area (Å²) in [5.74, 6) is -0.938. The van der Waals surface area contributed by atoms with Crippen LogP contribution >= 0.6 is 0 Å². The highest BCUT2D eigenvalue weighted by atomic mass is 16.5. The lowest BCUT2D eigenvalue weighted by Gasteiger charge is -2.07. The van der Waals surface area contributed by atoms with Crippen LogP contribution in [0.15, 0.2) is 36.5 Å². The third-order valence-corrected chi connectivity index (χ3v) is 2.02. The van der Waals surface area contributed by atoms with Gasteiger partial charge in [0.25, 0.3) is 0 Å². The van der Waals surface area contributed by atoms with Crippen LogP contribution in [0.25, 0.3) is 0 Å². The van der Waals surface area contributed by atoms with Crippen LogP contribution in [0.2, 0.25) is 0 Å². The summed E-state index contributed by atoms with van der Waals surface area (Å²) in [5.41, 5.74) is 0.426. The minimum atomic E-state index is -0.601. The molecule has 88 valence electrons. The van der Waals surface area contributed by atoms with Crippen molar-refractivity contribution in [3.63, 3.8) is 0 Å². The summed E-state index contributed by atoms with van der Waals surface area (Å²) in [5, 5.41) is 0. The molecule has 0 aromatic heterocycles. The molecule has 0 heterocycles. The first-order valence-electron chi connectivity index (χ1n) is 5.25. The van der Waals surface area contributed by atoms with E-state index in [-0.39, 0.29) is 11.4 Å². The van der Waals surface area contributed by atoms with E-state index in [9.17, 15) is 9.59 Å². The Kier molecular flexibility index (Phi) is 6.84. The molecule has 0 aliphatic heterocycles. The molecule has 16 heavy (non-hydrogen) atoms. The van der Waals surface area contributed by atoms with E-state index in [4.69, 9.17) is 4.74 Å². The number of hydrogen-bond acceptors (Lipinski definition) is 3. The number of rotatable bonds is 7.